The maximum atomic E-state index is 14.2. The predicted molar refractivity (Wildman–Crippen MR) is 144 cm³/mol. The van der Waals surface area contributed by atoms with Gasteiger partial charge in [0.15, 0.2) is 0 Å². The van der Waals surface area contributed by atoms with Crippen LogP contribution >= 0.6 is 0 Å². The summed E-state index contributed by atoms with van der Waals surface area (Å²) in [5, 5.41) is 4.58. The topological polar surface area (TPSA) is 112 Å². The fraction of sp³-hybridized carbons (Fsp3) is 0.107. The van der Waals surface area contributed by atoms with Crippen LogP contribution in [0, 0.1) is 6.57 Å². The monoisotopic (exact) mass is 489 g/mol. The van der Waals surface area contributed by atoms with E-state index in [1.807, 2.05) is 67.6 Å². The molecule has 3 heterocycles. The van der Waals surface area contributed by atoms with Crippen molar-refractivity contribution in [2.75, 3.05) is 18.2 Å². The van der Waals surface area contributed by atoms with Gasteiger partial charge in [-0.1, -0.05) is 36.4 Å². The van der Waals surface area contributed by atoms with E-state index in [9.17, 15) is 4.79 Å². The molecule has 0 aliphatic rings. The van der Waals surface area contributed by atoms with Crippen LogP contribution in [0.5, 0.6) is 5.75 Å². The van der Waals surface area contributed by atoms with Crippen LogP contribution in [-0.2, 0) is 0 Å². The summed E-state index contributed by atoms with van der Waals surface area (Å²) in [4.78, 5) is 30.1. The predicted octanol–water partition coefficient (Wildman–Crippen LogP) is 5.16. The van der Waals surface area contributed by atoms with Crippen molar-refractivity contribution >= 4 is 28.2 Å². The fourth-order valence-corrected chi connectivity index (χ4v) is 4.32. The molecule has 0 amide bonds. The number of nitrogens with two attached hydrogens (primary N) is 1. The van der Waals surface area contributed by atoms with Gasteiger partial charge in [0, 0.05) is 29.3 Å². The van der Waals surface area contributed by atoms with Gasteiger partial charge in [-0.3, -0.25) is 14.3 Å². The molecule has 5 rings (SSSR count). The van der Waals surface area contributed by atoms with Gasteiger partial charge in [-0.15, -0.1) is 0 Å². The minimum absolute atomic E-state index is 0.0533. The van der Waals surface area contributed by atoms with Gasteiger partial charge in [0.05, 0.1) is 31.3 Å². The summed E-state index contributed by atoms with van der Waals surface area (Å²) in [6.45, 7) is 9.36. The molecule has 0 radical (unpaired) electrons. The number of anilines is 2. The van der Waals surface area contributed by atoms with Gasteiger partial charge < -0.3 is 15.8 Å². The number of ether oxygens (including phenoxy) is 1. The molecule has 0 fully saturated rings. The zero-order valence-electron chi connectivity index (χ0n) is 20.2. The van der Waals surface area contributed by atoms with Gasteiger partial charge in [0.25, 0.3) is 5.56 Å². The van der Waals surface area contributed by atoms with Crippen LogP contribution in [0.15, 0.2) is 84.0 Å². The molecular formula is C28H23N7O2. The maximum Gasteiger partial charge on any atom is 0.263 e. The quantitative estimate of drug-likeness (QED) is 0.317. The van der Waals surface area contributed by atoms with Gasteiger partial charge in [-0.2, -0.15) is 0 Å². The number of hydrogen-bond acceptors (Lipinski definition) is 7. The first-order chi connectivity index (χ1) is 18.0. The third kappa shape index (κ3) is 4.44. The molecule has 3 N–H and O–H groups in total. The van der Waals surface area contributed by atoms with Crippen molar-refractivity contribution in [1.29, 1.82) is 0 Å². The second kappa shape index (κ2) is 9.79. The average Bonchev–Trinajstić information content (AvgIpc) is 2.93. The lowest BCUT2D eigenvalue weighted by atomic mass is 9.98. The van der Waals surface area contributed by atoms with E-state index in [1.165, 1.54) is 6.20 Å². The van der Waals surface area contributed by atoms with Crippen molar-refractivity contribution in [3.8, 4) is 22.6 Å². The number of rotatable bonds is 6. The fourth-order valence-electron chi connectivity index (χ4n) is 4.32. The van der Waals surface area contributed by atoms with E-state index in [2.05, 4.69) is 25.1 Å². The number of nitrogens with zero attached hydrogens (tertiary/aromatic N) is 5. The molecule has 0 saturated heterocycles. The van der Waals surface area contributed by atoms with E-state index in [1.54, 1.807) is 24.1 Å². The van der Waals surface area contributed by atoms with E-state index >= 15 is 0 Å². The summed E-state index contributed by atoms with van der Waals surface area (Å²) >= 11 is 0. The molecule has 9 nitrogen and oxygen atoms in total. The number of para-hydroxylation sites is 1. The Labute approximate surface area is 213 Å². The second-order valence-electron chi connectivity index (χ2n) is 8.37. The molecule has 1 atom stereocenters. The van der Waals surface area contributed by atoms with Crippen LogP contribution in [0.1, 0.15) is 18.7 Å². The Kier molecular flexibility index (Phi) is 6.22. The summed E-state index contributed by atoms with van der Waals surface area (Å²) < 4.78 is 7.03. The van der Waals surface area contributed by atoms with Crippen LogP contribution in [-0.4, -0.2) is 26.6 Å². The largest absolute Gasteiger partial charge is 0.495 e. The molecular weight excluding hydrogens is 466 g/mol. The molecule has 37 heavy (non-hydrogen) atoms. The Morgan fingerprint density at radius 3 is 2.65 bits per heavy atom. The third-order valence-corrected chi connectivity index (χ3v) is 6.05. The lowest BCUT2D eigenvalue weighted by molar-refractivity contribution is 0.413. The number of hydrogen-bond donors (Lipinski definition) is 2. The van der Waals surface area contributed by atoms with Gasteiger partial charge in [-0.25, -0.2) is 14.8 Å². The van der Waals surface area contributed by atoms with Crippen molar-refractivity contribution in [2.24, 2.45) is 0 Å². The van der Waals surface area contributed by atoms with Gasteiger partial charge >= 0.3 is 0 Å². The van der Waals surface area contributed by atoms with Gasteiger partial charge in [0.1, 0.15) is 11.6 Å². The number of nitrogen functional groups attached to an aromatic ring is 1. The minimum Gasteiger partial charge on any atom is -0.495 e. The standard InChI is InChI=1S/C28H23N7O2/c1-17(33-26-23(30-2)16-32-28(29)34-26)24-13-18-8-7-11-22(19-12-21(37-3)15-31-14-19)25(18)27(36)35(24)20-9-5-4-6-10-20/h4-17H,1,3H3,(H3,29,32,33,34)/t17-/m0/s1. The highest BCUT2D eigenvalue weighted by atomic mass is 16.5. The summed E-state index contributed by atoms with van der Waals surface area (Å²) in [6, 6.07) is 18.6. The zero-order valence-corrected chi connectivity index (χ0v) is 20.2. The van der Waals surface area contributed by atoms with E-state index in [4.69, 9.17) is 17.0 Å². The second-order valence-corrected chi connectivity index (χ2v) is 8.37. The molecule has 182 valence electrons. The average molecular weight is 490 g/mol. The van der Waals surface area contributed by atoms with Gasteiger partial charge in [0.2, 0.25) is 11.6 Å². The molecule has 3 aromatic heterocycles. The first-order valence-electron chi connectivity index (χ1n) is 11.5. The molecule has 0 aliphatic heterocycles. The summed E-state index contributed by atoms with van der Waals surface area (Å²) in [7, 11) is 1.58. The van der Waals surface area contributed by atoms with Crippen LogP contribution in [0.25, 0.3) is 32.4 Å². The van der Waals surface area contributed by atoms with E-state index in [0.29, 0.717) is 28.3 Å². The van der Waals surface area contributed by atoms with Crippen molar-refractivity contribution < 1.29 is 4.74 Å². The zero-order chi connectivity index (χ0) is 25.9. The first-order valence-corrected chi connectivity index (χ1v) is 11.5. The van der Waals surface area contributed by atoms with Crippen LogP contribution < -0.4 is 21.3 Å². The molecule has 2 aromatic carbocycles. The van der Waals surface area contributed by atoms with Crippen LogP contribution in [0.4, 0.5) is 17.5 Å². The lowest BCUT2D eigenvalue weighted by Crippen LogP contribution is -2.26. The van der Waals surface area contributed by atoms with Gasteiger partial charge in [-0.05, 0) is 42.1 Å². The van der Waals surface area contributed by atoms with Crippen molar-refractivity contribution in [3.63, 3.8) is 0 Å². The molecule has 0 aliphatic carbocycles. The molecule has 0 bridgehead atoms. The number of aromatic nitrogens is 4. The normalized spacial score (nSPS) is 11.6. The van der Waals surface area contributed by atoms with Crippen LogP contribution in [0.3, 0.4) is 0 Å². The number of pyridine rings is 2. The maximum absolute atomic E-state index is 14.2. The number of nitrogens with one attached hydrogen (secondary N) is 1. The van der Waals surface area contributed by atoms with E-state index in [-0.39, 0.29) is 17.2 Å². The van der Waals surface area contributed by atoms with Crippen molar-refractivity contribution in [2.45, 2.75) is 13.0 Å². The van der Waals surface area contributed by atoms with E-state index in [0.717, 1.165) is 16.5 Å². The lowest BCUT2D eigenvalue weighted by Gasteiger charge is -2.22. The van der Waals surface area contributed by atoms with Crippen LogP contribution in [0.2, 0.25) is 0 Å². The Balaban J connectivity index is 1.74. The Morgan fingerprint density at radius 2 is 1.89 bits per heavy atom. The molecule has 9 heteroatoms. The SMILES string of the molecule is [C-]#[N+]c1cnc(N)nc1N[C@@H](C)c1cc2cccc(-c3cncc(OC)c3)c2c(=O)n1-c1ccccc1. The summed E-state index contributed by atoms with van der Waals surface area (Å²) in [5.41, 5.74) is 8.77. The van der Waals surface area contributed by atoms with E-state index < -0.39 is 6.04 Å². The number of benzene rings is 2. The number of methoxy groups -OCH3 is 1. The smallest absolute Gasteiger partial charge is 0.263 e. The minimum atomic E-state index is -0.408. The highest BCUT2D eigenvalue weighted by molar-refractivity contribution is 5.96. The molecule has 0 spiro atoms. The van der Waals surface area contributed by atoms with Crippen molar-refractivity contribution in [3.05, 3.63) is 107 Å². The first kappa shape index (κ1) is 23.5. The highest BCUT2D eigenvalue weighted by Crippen LogP contribution is 2.32. The third-order valence-electron chi connectivity index (χ3n) is 6.05. The summed E-state index contributed by atoms with van der Waals surface area (Å²) in [5.74, 6) is 0.961. The van der Waals surface area contributed by atoms with Crippen molar-refractivity contribution in [1.82, 2.24) is 19.5 Å². The molecule has 5 aromatic rings. The Hall–Kier alpha value is -5.23. The highest BCUT2D eigenvalue weighted by Gasteiger charge is 2.20. The molecule has 0 unspecified atom stereocenters. The number of fused-ring (bicyclic) bond motifs is 1. The Bertz CT molecular complexity index is 1710. The molecule has 0 saturated carbocycles. The summed E-state index contributed by atoms with van der Waals surface area (Å²) in [6.07, 6.45) is 4.72. The Morgan fingerprint density at radius 1 is 1.08 bits per heavy atom.